The first kappa shape index (κ1) is 21.3. The lowest BCUT2D eigenvalue weighted by atomic mass is 9.96. The lowest BCUT2D eigenvalue weighted by Crippen LogP contribution is -2.15. The van der Waals surface area contributed by atoms with Crippen LogP contribution in [0.25, 0.3) is 5.57 Å². The van der Waals surface area contributed by atoms with Gasteiger partial charge in [-0.25, -0.2) is 4.68 Å². The Morgan fingerprint density at radius 1 is 1.00 bits per heavy atom. The van der Waals surface area contributed by atoms with Crippen LogP contribution in [-0.2, 0) is 6.42 Å². The molecule has 0 atom stereocenters. The van der Waals surface area contributed by atoms with E-state index in [-0.39, 0.29) is 5.91 Å². The molecule has 0 spiro atoms. The van der Waals surface area contributed by atoms with Crippen molar-refractivity contribution in [3.05, 3.63) is 88.5 Å². The number of rotatable bonds is 4. The molecule has 0 saturated carbocycles. The van der Waals surface area contributed by atoms with Crippen molar-refractivity contribution in [3.63, 3.8) is 0 Å². The van der Waals surface area contributed by atoms with Gasteiger partial charge in [-0.1, -0.05) is 44.2 Å². The molecule has 28 heavy (non-hydrogen) atoms. The van der Waals surface area contributed by atoms with Gasteiger partial charge in [-0.15, -0.1) is 0 Å². The molecule has 2 heterocycles. The van der Waals surface area contributed by atoms with Crippen molar-refractivity contribution in [2.45, 2.75) is 48.0 Å². The molecular formula is C24H29N3O. The summed E-state index contributed by atoms with van der Waals surface area (Å²) in [4.78, 5) is 17.2. The van der Waals surface area contributed by atoms with Crippen LogP contribution in [0, 0.1) is 20.8 Å². The predicted octanol–water partition coefficient (Wildman–Crippen LogP) is 5.56. The highest BCUT2D eigenvalue weighted by Crippen LogP contribution is 2.25. The van der Waals surface area contributed by atoms with E-state index in [2.05, 4.69) is 22.2 Å². The van der Waals surface area contributed by atoms with Crippen molar-refractivity contribution >= 4 is 11.5 Å². The lowest BCUT2D eigenvalue weighted by molar-refractivity contribution is 0.0942. The Labute approximate surface area is 167 Å². The molecule has 0 radical (unpaired) electrons. The maximum Gasteiger partial charge on any atom is 0.278 e. The minimum Gasteiger partial charge on any atom is -0.267 e. The molecule has 146 valence electrons. The van der Waals surface area contributed by atoms with Crippen molar-refractivity contribution < 1.29 is 4.79 Å². The number of aryl methyl sites for hydroxylation is 2. The minimum absolute atomic E-state index is 0.1000. The molecule has 0 bridgehead atoms. The Morgan fingerprint density at radius 2 is 1.68 bits per heavy atom. The van der Waals surface area contributed by atoms with E-state index in [1.54, 1.807) is 6.20 Å². The second kappa shape index (κ2) is 9.79. The third kappa shape index (κ3) is 4.45. The van der Waals surface area contributed by atoms with Crippen LogP contribution >= 0.6 is 0 Å². The van der Waals surface area contributed by atoms with Crippen LogP contribution in [0.5, 0.6) is 0 Å². The van der Waals surface area contributed by atoms with Crippen LogP contribution in [0.2, 0.25) is 0 Å². The fourth-order valence-electron chi connectivity index (χ4n) is 3.20. The second-order valence-electron chi connectivity index (χ2n) is 6.36. The number of aromatic nitrogens is 3. The fraction of sp³-hybridized carbons (Fsp3) is 0.292. The Hall–Kier alpha value is -3.01. The van der Waals surface area contributed by atoms with Gasteiger partial charge in [0.2, 0.25) is 0 Å². The highest BCUT2D eigenvalue weighted by atomic mass is 16.2. The summed E-state index contributed by atoms with van der Waals surface area (Å²) in [6, 6.07) is 13.3. The Balaban J connectivity index is 0.00000136. The maximum atomic E-state index is 12.8. The average molecular weight is 376 g/mol. The summed E-state index contributed by atoms with van der Waals surface area (Å²) in [5.41, 5.74) is 6.82. The van der Waals surface area contributed by atoms with Crippen LogP contribution in [0.4, 0.5) is 0 Å². The lowest BCUT2D eigenvalue weighted by Gasteiger charge is -2.10. The van der Waals surface area contributed by atoms with Crippen molar-refractivity contribution in [2.75, 3.05) is 0 Å². The van der Waals surface area contributed by atoms with E-state index in [0.717, 1.165) is 34.6 Å². The van der Waals surface area contributed by atoms with Crippen LogP contribution in [0.3, 0.4) is 0 Å². The molecule has 4 heteroatoms. The minimum atomic E-state index is -0.1000. The van der Waals surface area contributed by atoms with E-state index in [1.807, 2.05) is 77.9 Å². The van der Waals surface area contributed by atoms with E-state index in [9.17, 15) is 4.79 Å². The monoisotopic (exact) mass is 375 g/mol. The molecular weight excluding hydrogens is 346 g/mol. The summed E-state index contributed by atoms with van der Waals surface area (Å²) in [5.74, 6) is -0.1000. The number of carbonyl (C=O) groups excluding carboxylic acids is 1. The Morgan fingerprint density at radius 3 is 2.29 bits per heavy atom. The van der Waals surface area contributed by atoms with Crippen molar-refractivity contribution in [1.82, 2.24) is 14.8 Å². The zero-order valence-corrected chi connectivity index (χ0v) is 17.7. The molecule has 0 saturated heterocycles. The smallest absolute Gasteiger partial charge is 0.267 e. The summed E-state index contributed by atoms with van der Waals surface area (Å²) in [6.45, 7) is 12.0. The summed E-state index contributed by atoms with van der Waals surface area (Å²) < 4.78 is 1.52. The topological polar surface area (TPSA) is 47.8 Å². The largest absolute Gasteiger partial charge is 0.278 e. The first-order chi connectivity index (χ1) is 13.5. The number of benzene rings is 1. The number of hydrogen-bond donors (Lipinski definition) is 0. The van der Waals surface area contributed by atoms with Crippen LogP contribution < -0.4 is 0 Å². The fourth-order valence-corrected chi connectivity index (χ4v) is 3.20. The summed E-state index contributed by atoms with van der Waals surface area (Å²) >= 11 is 0. The molecule has 1 aromatic carbocycles. The van der Waals surface area contributed by atoms with Gasteiger partial charge in [-0.3, -0.25) is 9.78 Å². The average Bonchev–Trinajstić information content (AvgIpc) is 3.02. The highest BCUT2D eigenvalue weighted by Gasteiger charge is 2.19. The van der Waals surface area contributed by atoms with Crippen LogP contribution in [-0.4, -0.2) is 20.7 Å². The first-order valence-corrected chi connectivity index (χ1v) is 9.75. The standard InChI is InChI=1S/C22H23N3O.C2H6/c1-5-18(20-12-9-13-23-15(20)2)14-21-16(3)24-25(17(21)4)22(26)19-10-7-6-8-11-19;1-2/h5-13H,14H2,1-4H3;1-2H3/b18-5-;. The van der Waals surface area contributed by atoms with E-state index in [4.69, 9.17) is 0 Å². The van der Waals surface area contributed by atoms with Gasteiger partial charge in [-0.05, 0) is 57.0 Å². The SMILES string of the molecule is C/C=C(/Cc1c(C)nn(C(=O)c2ccccc2)c1C)c1cccnc1C.CC. The second-order valence-corrected chi connectivity index (χ2v) is 6.36. The highest BCUT2D eigenvalue weighted by molar-refractivity contribution is 5.96. The van der Waals surface area contributed by atoms with Gasteiger partial charge < -0.3 is 0 Å². The molecule has 2 aromatic heterocycles. The molecule has 4 nitrogen and oxygen atoms in total. The molecule has 3 rings (SSSR count). The van der Waals surface area contributed by atoms with Gasteiger partial charge in [0.25, 0.3) is 5.91 Å². The maximum absolute atomic E-state index is 12.8. The molecule has 0 fully saturated rings. The zero-order chi connectivity index (χ0) is 20.7. The zero-order valence-electron chi connectivity index (χ0n) is 17.7. The summed E-state index contributed by atoms with van der Waals surface area (Å²) in [6.07, 6.45) is 4.64. The van der Waals surface area contributed by atoms with Gasteiger partial charge in [0.15, 0.2) is 0 Å². The molecule has 0 N–H and O–H groups in total. The molecule has 0 aliphatic carbocycles. The molecule has 0 amide bonds. The van der Waals surface area contributed by atoms with Gasteiger partial charge in [0.05, 0.1) is 5.69 Å². The number of nitrogens with zero attached hydrogens (tertiary/aromatic N) is 3. The van der Waals surface area contributed by atoms with Crippen molar-refractivity contribution in [3.8, 4) is 0 Å². The van der Waals surface area contributed by atoms with Gasteiger partial charge in [0, 0.05) is 35.1 Å². The number of pyridine rings is 1. The number of hydrogen-bond acceptors (Lipinski definition) is 3. The number of carbonyl (C=O) groups is 1. The van der Waals surface area contributed by atoms with E-state index < -0.39 is 0 Å². The molecule has 0 unspecified atom stereocenters. The quantitative estimate of drug-likeness (QED) is 0.599. The van der Waals surface area contributed by atoms with E-state index in [1.165, 1.54) is 10.3 Å². The normalized spacial score (nSPS) is 11.0. The summed E-state index contributed by atoms with van der Waals surface area (Å²) in [5, 5.41) is 4.51. The Kier molecular flexibility index (Phi) is 7.44. The molecule has 0 aliphatic rings. The van der Waals surface area contributed by atoms with Gasteiger partial charge >= 0.3 is 0 Å². The first-order valence-electron chi connectivity index (χ1n) is 9.75. The van der Waals surface area contributed by atoms with E-state index >= 15 is 0 Å². The van der Waals surface area contributed by atoms with Crippen LogP contribution in [0.15, 0.2) is 54.7 Å². The van der Waals surface area contributed by atoms with Gasteiger partial charge in [0.1, 0.15) is 0 Å². The third-order valence-corrected chi connectivity index (χ3v) is 4.72. The number of allylic oxidation sites excluding steroid dienone is 2. The van der Waals surface area contributed by atoms with Crippen molar-refractivity contribution in [2.24, 2.45) is 0 Å². The third-order valence-electron chi connectivity index (χ3n) is 4.72. The predicted molar refractivity (Wildman–Crippen MR) is 116 cm³/mol. The van der Waals surface area contributed by atoms with Crippen LogP contribution in [0.1, 0.15) is 59.3 Å². The van der Waals surface area contributed by atoms with Crippen molar-refractivity contribution in [1.29, 1.82) is 0 Å². The van der Waals surface area contributed by atoms with Gasteiger partial charge in [-0.2, -0.15) is 5.10 Å². The Bertz CT molecular complexity index is 969. The summed E-state index contributed by atoms with van der Waals surface area (Å²) in [7, 11) is 0. The molecule has 0 aliphatic heterocycles. The molecule has 3 aromatic rings. The van der Waals surface area contributed by atoms with E-state index in [0.29, 0.717) is 5.56 Å².